The summed E-state index contributed by atoms with van der Waals surface area (Å²) in [6, 6.07) is 12.6. The Hall–Kier alpha value is -2.67. The molecule has 0 unspecified atom stereocenters. The van der Waals surface area contributed by atoms with Crippen LogP contribution in [0.3, 0.4) is 0 Å². The van der Waals surface area contributed by atoms with Gasteiger partial charge in [0.2, 0.25) is 0 Å². The largest absolute Gasteiger partial charge is 0.368 e. The van der Waals surface area contributed by atoms with Crippen LogP contribution in [0.15, 0.2) is 48.7 Å². The van der Waals surface area contributed by atoms with Crippen molar-refractivity contribution in [2.75, 3.05) is 5.32 Å². The van der Waals surface area contributed by atoms with Gasteiger partial charge in [0.15, 0.2) is 0 Å². The van der Waals surface area contributed by atoms with E-state index in [0.29, 0.717) is 16.2 Å². The predicted octanol–water partition coefficient (Wildman–Crippen LogP) is 5.08. The maximum atomic E-state index is 12.9. The summed E-state index contributed by atoms with van der Waals surface area (Å²) in [6.07, 6.45) is 2.19. The van der Waals surface area contributed by atoms with Gasteiger partial charge in [0.05, 0.1) is 0 Å². The number of hydrogen-bond acceptors (Lipinski definition) is 3. The van der Waals surface area contributed by atoms with Crippen LogP contribution < -0.4 is 10.6 Å². The van der Waals surface area contributed by atoms with Gasteiger partial charge in [-0.05, 0) is 56.0 Å². The lowest BCUT2D eigenvalue weighted by Crippen LogP contribution is -2.40. The van der Waals surface area contributed by atoms with Crippen molar-refractivity contribution in [2.45, 2.75) is 44.2 Å². The highest BCUT2D eigenvalue weighted by atomic mass is 35.5. The number of amides is 1. The fraction of sp³-hybridized carbons (Fsp3) is 0.333. The van der Waals surface area contributed by atoms with Gasteiger partial charge in [0.1, 0.15) is 17.2 Å². The summed E-state index contributed by atoms with van der Waals surface area (Å²) in [6.45, 7) is 0. The van der Waals surface area contributed by atoms with Crippen molar-refractivity contribution >= 4 is 29.0 Å². The number of carbonyl (C=O) groups excluding carboxylic acids is 1. The van der Waals surface area contributed by atoms with Crippen molar-refractivity contribution in [3.63, 3.8) is 0 Å². The van der Waals surface area contributed by atoms with Crippen molar-refractivity contribution in [1.82, 2.24) is 14.7 Å². The quantitative estimate of drug-likeness (QED) is 0.607. The summed E-state index contributed by atoms with van der Waals surface area (Å²) in [4.78, 5) is 16.3. The maximum absolute atomic E-state index is 12.9. The Morgan fingerprint density at radius 2 is 1.83 bits per heavy atom. The van der Waals surface area contributed by atoms with Crippen molar-refractivity contribution < 1.29 is 13.6 Å². The molecule has 1 aliphatic rings. The minimum Gasteiger partial charge on any atom is -0.368 e. The van der Waals surface area contributed by atoms with Crippen LogP contribution in [0.1, 0.15) is 48.2 Å². The molecule has 3 aromatic rings. The number of fused-ring (bicyclic) bond motifs is 1. The molecule has 2 aromatic heterocycles. The van der Waals surface area contributed by atoms with Gasteiger partial charge in [0.25, 0.3) is 12.3 Å². The Bertz CT molecular complexity index is 1010. The van der Waals surface area contributed by atoms with Crippen LogP contribution in [-0.4, -0.2) is 27.4 Å². The first-order valence-electron chi connectivity index (χ1n) is 9.59. The molecular weight excluding hydrogens is 398 g/mol. The van der Waals surface area contributed by atoms with E-state index in [1.165, 1.54) is 6.20 Å². The van der Waals surface area contributed by atoms with Gasteiger partial charge < -0.3 is 10.6 Å². The molecule has 0 aliphatic heterocycles. The normalized spacial score (nSPS) is 19.4. The highest BCUT2D eigenvalue weighted by Crippen LogP contribution is 2.25. The molecule has 1 aromatic carbocycles. The van der Waals surface area contributed by atoms with Crippen LogP contribution in [0.2, 0.25) is 5.02 Å². The molecule has 2 heterocycles. The topological polar surface area (TPSA) is 58.4 Å². The standard InChI is InChI=1S/C21H21ClF2N4O/c22-14-4-1-3-13(11-14)21(29)26-16-9-7-15(8-10-16)25-18-5-2-6-19-27-17(20(23)24)12-28(18)19/h1-6,11-12,15-16,20,25H,7-10H2,(H,26,29)/t15-,16+. The zero-order valence-electron chi connectivity index (χ0n) is 15.6. The number of halogens is 3. The molecule has 0 spiro atoms. The number of benzene rings is 1. The molecule has 0 atom stereocenters. The second kappa shape index (κ2) is 8.37. The van der Waals surface area contributed by atoms with E-state index in [-0.39, 0.29) is 23.7 Å². The highest BCUT2D eigenvalue weighted by molar-refractivity contribution is 6.30. The lowest BCUT2D eigenvalue weighted by Gasteiger charge is -2.30. The van der Waals surface area contributed by atoms with Gasteiger partial charge in [-0.25, -0.2) is 13.8 Å². The van der Waals surface area contributed by atoms with Gasteiger partial charge >= 0.3 is 0 Å². The average Bonchev–Trinajstić information content (AvgIpc) is 3.15. The second-order valence-corrected chi connectivity index (χ2v) is 7.72. The van der Waals surface area contributed by atoms with E-state index >= 15 is 0 Å². The van der Waals surface area contributed by atoms with Crippen LogP contribution in [0.25, 0.3) is 5.65 Å². The van der Waals surface area contributed by atoms with Crippen LogP contribution in [0.5, 0.6) is 0 Å². The zero-order chi connectivity index (χ0) is 20.4. The van der Waals surface area contributed by atoms with Gasteiger partial charge in [-0.1, -0.05) is 23.7 Å². The van der Waals surface area contributed by atoms with Crippen molar-refractivity contribution in [3.05, 3.63) is 64.9 Å². The first-order valence-corrected chi connectivity index (χ1v) is 9.96. The molecule has 8 heteroatoms. The number of rotatable bonds is 5. The predicted molar refractivity (Wildman–Crippen MR) is 109 cm³/mol. The number of nitrogens with one attached hydrogen (secondary N) is 2. The molecular formula is C21H21ClF2N4O. The number of imidazole rings is 1. The molecule has 0 saturated heterocycles. The van der Waals surface area contributed by atoms with E-state index in [9.17, 15) is 13.6 Å². The molecule has 4 rings (SSSR count). The Balaban J connectivity index is 1.35. The third-order valence-electron chi connectivity index (χ3n) is 5.24. The van der Waals surface area contributed by atoms with Crippen LogP contribution in [0, 0.1) is 0 Å². The smallest absolute Gasteiger partial charge is 0.281 e. The van der Waals surface area contributed by atoms with Crippen LogP contribution in [-0.2, 0) is 0 Å². The van der Waals surface area contributed by atoms with Crippen molar-refractivity contribution in [1.29, 1.82) is 0 Å². The number of hydrogen-bond donors (Lipinski definition) is 2. The fourth-order valence-corrected chi connectivity index (χ4v) is 3.93. The Morgan fingerprint density at radius 1 is 1.10 bits per heavy atom. The van der Waals surface area contributed by atoms with E-state index < -0.39 is 6.43 Å². The van der Waals surface area contributed by atoms with E-state index in [1.807, 2.05) is 6.07 Å². The molecule has 1 fully saturated rings. The Morgan fingerprint density at radius 3 is 2.55 bits per heavy atom. The Labute approximate surface area is 172 Å². The van der Waals surface area contributed by atoms with E-state index in [4.69, 9.17) is 11.6 Å². The van der Waals surface area contributed by atoms with Crippen LogP contribution >= 0.6 is 11.6 Å². The van der Waals surface area contributed by atoms with Crippen molar-refractivity contribution in [3.8, 4) is 0 Å². The Kier molecular flexibility index (Phi) is 5.67. The summed E-state index contributed by atoms with van der Waals surface area (Å²) in [7, 11) is 0. The molecule has 1 saturated carbocycles. The van der Waals surface area contributed by atoms with Gasteiger partial charge in [-0.2, -0.15) is 0 Å². The second-order valence-electron chi connectivity index (χ2n) is 7.28. The van der Waals surface area contributed by atoms with E-state index in [1.54, 1.807) is 40.8 Å². The molecule has 2 N–H and O–H groups in total. The summed E-state index contributed by atoms with van der Waals surface area (Å²) in [5.74, 6) is 0.625. The minimum atomic E-state index is -2.60. The molecule has 1 aliphatic carbocycles. The third-order valence-corrected chi connectivity index (χ3v) is 5.47. The molecule has 0 radical (unpaired) electrons. The first-order chi connectivity index (χ1) is 14.0. The molecule has 152 valence electrons. The number of nitrogens with zero attached hydrogens (tertiary/aromatic N) is 2. The van der Waals surface area contributed by atoms with E-state index in [0.717, 1.165) is 31.5 Å². The summed E-state index contributed by atoms with van der Waals surface area (Å²) < 4.78 is 27.6. The monoisotopic (exact) mass is 418 g/mol. The number of pyridine rings is 1. The van der Waals surface area contributed by atoms with Gasteiger partial charge in [-0.15, -0.1) is 0 Å². The van der Waals surface area contributed by atoms with E-state index in [2.05, 4.69) is 15.6 Å². The molecule has 5 nitrogen and oxygen atoms in total. The van der Waals surface area contributed by atoms with Crippen LogP contribution in [0.4, 0.5) is 14.6 Å². The molecule has 0 bridgehead atoms. The fourth-order valence-electron chi connectivity index (χ4n) is 3.74. The lowest BCUT2D eigenvalue weighted by molar-refractivity contribution is 0.0926. The number of anilines is 1. The minimum absolute atomic E-state index is 0.106. The van der Waals surface area contributed by atoms with Gasteiger partial charge in [0, 0.05) is 28.9 Å². The molecule has 29 heavy (non-hydrogen) atoms. The molecule has 1 amide bonds. The SMILES string of the molecule is O=C(N[C@H]1CC[C@@H](Nc2cccc3nc(C(F)F)cn23)CC1)c1cccc(Cl)c1. The number of aromatic nitrogens is 2. The zero-order valence-corrected chi connectivity index (χ0v) is 16.4. The van der Waals surface area contributed by atoms with Gasteiger partial charge in [-0.3, -0.25) is 9.20 Å². The maximum Gasteiger partial charge on any atom is 0.281 e. The average molecular weight is 419 g/mol. The first kappa shape index (κ1) is 19.6. The number of alkyl halides is 2. The lowest BCUT2D eigenvalue weighted by atomic mass is 9.91. The summed E-state index contributed by atoms with van der Waals surface area (Å²) in [5.41, 5.74) is 0.818. The summed E-state index contributed by atoms with van der Waals surface area (Å²) in [5, 5.41) is 7.04. The van der Waals surface area contributed by atoms with Crippen molar-refractivity contribution in [2.24, 2.45) is 0 Å². The number of carbonyl (C=O) groups is 1. The third kappa shape index (κ3) is 4.50. The highest BCUT2D eigenvalue weighted by Gasteiger charge is 2.23. The summed E-state index contributed by atoms with van der Waals surface area (Å²) >= 11 is 5.95.